The molecule has 1 unspecified atom stereocenters. The number of halogens is 2. The third kappa shape index (κ3) is 3.57. The van der Waals surface area contributed by atoms with Crippen molar-refractivity contribution in [2.75, 3.05) is 11.4 Å². The molecule has 2 aromatic carbocycles. The summed E-state index contributed by atoms with van der Waals surface area (Å²) in [5.41, 5.74) is 2.84. The maximum atomic E-state index is 13.8. The van der Waals surface area contributed by atoms with E-state index in [1.165, 1.54) is 24.3 Å². The lowest BCUT2D eigenvalue weighted by Gasteiger charge is -2.30. The van der Waals surface area contributed by atoms with Gasteiger partial charge in [0.1, 0.15) is 11.9 Å². The van der Waals surface area contributed by atoms with Gasteiger partial charge in [0.15, 0.2) is 0 Å². The smallest absolute Gasteiger partial charge is 0.274 e. The molecule has 1 fully saturated rings. The lowest BCUT2D eigenvalue weighted by atomic mass is 10.1. The number of rotatable bonds is 4. The second kappa shape index (κ2) is 7.08. The van der Waals surface area contributed by atoms with Crippen LogP contribution in [0.3, 0.4) is 0 Å². The minimum atomic E-state index is -0.648. The summed E-state index contributed by atoms with van der Waals surface area (Å²) in [5, 5.41) is 11.7. The van der Waals surface area contributed by atoms with E-state index in [0.29, 0.717) is 24.3 Å². The van der Waals surface area contributed by atoms with E-state index in [2.05, 4.69) is 5.32 Å². The first kappa shape index (κ1) is 17.2. The van der Waals surface area contributed by atoms with Crippen LogP contribution in [0.1, 0.15) is 16.8 Å². The molecular weight excluding hydrogens is 349 g/mol. The molecule has 0 aliphatic carbocycles. The van der Waals surface area contributed by atoms with Crippen molar-refractivity contribution in [1.29, 1.82) is 0 Å². The molecular formula is C17H15ClFN3O3. The summed E-state index contributed by atoms with van der Waals surface area (Å²) in [5.74, 6) is -1.33. The van der Waals surface area contributed by atoms with E-state index in [0.717, 1.165) is 0 Å². The van der Waals surface area contributed by atoms with Crippen molar-refractivity contribution < 1.29 is 19.2 Å². The van der Waals surface area contributed by atoms with Gasteiger partial charge in [-0.25, -0.2) is 9.87 Å². The number of nitrogens with one attached hydrogen (secondary N) is 2. The molecule has 0 aromatic heterocycles. The van der Waals surface area contributed by atoms with Crippen molar-refractivity contribution >= 4 is 34.8 Å². The highest BCUT2D eigenvalue weighted by Crippen LogP contribution is 2.33. The first-order valence-corrected chi connectivity index (χ1v) is 7.95. The maximum Gasteiger partial charge on any atom is 0.274 e. The zero-order valence-corrected chi connectivity index (χ0v) is 13.8. The van der Waals surface area contributed by atoms with Gasteiger partial charge in [0.2, 0.25) is 5.91 Å². The number of nitrogens with zero attached hydrogens (tertiary/aromatic N) is 1. The van der Waals surface area contributed by atoms with Crippen LogP contribution in [0.25, 0.3) is 0 Å². The molecule has 130 valence electrons. The van der Waals surface area contributed by atoms with Crippen molar-refractivity contribution in [2.24, 2.45) is 0 Å². The van der Waals surface area contributed by atoms with Crippen LogP contribution < -0.4 is 15.7 Å². The predicted octanol–water partition coefficient (Wildman–Crippen LogP) is 2.62. The lowest BCUT2D eigenvalue weighted by molar-refractivity contribution is -0.120. The van der Waals surface area contributed by atoms with Crippen LogP contribution in [0.15, 0.2) is 42.5 Å². The molecule has 1 aliphatic heterocycles. The van der Waals surface area contributed by atoms with Gasteiger partial charge in [-0.15, -0.1) is 0 Å². The molecule has 1 heterocycles. The average Bonchev–Trinajstić information content (AvgIpc) is 3.00. The molecule has 0 radical (unpaired) electrons. The molecule has 0 saturated carbocycles. The summed E-state index contributed by atoms with van der Waals surface area (Å²) in [7, 11) is 0. The molecule has 3 rings (SSSR count). The van der Waals surface area contributed by atoms with Crippen molar-refractivity contribution in [3.8, 4) is 0 Å². The van der Waals surface area contributed by atoms with Crippen LogP contribution >= 0.6 is 11.6 Å². The van der Waals surface area contributed by atoms with Crippen LogP contribution in [-0.2, 0) is 4.79 Å². The molecule has 2 aromatic rings. The van der Waals surface area contributed by atoms with E-state index < -0.39 is 17.8 Å². The molecule has 2 amide bonds. The van der Waals surface area contributed by atoms with E-state index in [9.17, 15) is 14.0 Å². The molecule has 8 heteroatoms. The highest BCUT2D eigenvalue weighted by atomic mass is 35.5. The van der Waals surface area contributed by atoms with Crippen LogP contribution in [0.4, 0.5) is 15.8 Å². The zero-order valence-electron chi connectivity index (χ0n) is 13.0. The monoisotopic (exact) mass is 363 g/mol. The highest BCUT2D eigenvalue weighted by Gasteiger charge is 2.32. The van der Waals surface area contributed by atoms with Gasteiger partial charge >= 0.3 is 0 Å². The largest absolute Gasteiger partial charge is 0.354 e. The van der Waals surface area contributed by atoms with Crippen molar-refractivity contribution in [3.05, 3.63) is 58.9 Å². The minimum absolute atomic E-state index is 0.169. The fraction of sp³-hybridized carbons (Fsp3) is 0.176. The number of hydrogen-bond donors (Lipinski definition) is 3. The van der Waals surface area contributed by atoms with Crippen LogP contribution in [0.2, 0.25) is 5.02 Å². The molecule has 1 saturated heterocycles. The number of benzene rings is 2. The molecule has 3 N–H and O–H groups in total. The second-order valence-electron chi connectivity index (χ2n) is 5.58. The van der Waals surface area contributed by atoms with Crippen LogP contribution in [0, 0.1) is 5.82 Å². The molecule has 6 nitrogen and oxygen atoms in total. The molecule has 0 spiro atoms. The third-order valence-electron chi connectivity index (χ3n) is 3.97. The number of carbonyl (C=O) groups excluding carboxylic acids is 2. The Bertz CT molecular complexity index is 793. The summed E-state index contributed by atoms with van der Waals surface area (Å²) in [6, 6.07) is 9.78. The van der Waals surface area contributed by atoms with Gasteiger partial charge in [-0.3, -0.25) is 14.8 Å². The number of carbonyl (C=O) groups is 2. The standard InChI is InChI=1S/C17H15ClFN3O3/c18-11-7-12(19)9-14(8-11)22(15-5-6-20-17(15)24)13-3-1-10(2-4-13)16(23)21-25/h1-4,7-9,15,25H,5-6H2,(H,20,24)(H,21,23). The summed E-state index contributed by atoms with van der Waals surface area (Å²) in [4.78, 5) is 25.3. The van der Waals surface area contributed by atoms with Gasteiger partial charge in [-0.1, -0.05) is 11.6 Å². The number of hydrogen-bond acceptors (Lipinski definition) is 4. The zero-order chi connectivity index (χ0) is 18.0. The summed E-state index contributed by atoms with van der Waals surface area (Å²) in [6.07, 6.45) is 0.547. The first-order chi connectivity index (χ1) is 12.0. The van der Waals surface area contributed by atoms with E-state index in [1.54, 1.807) is 28.6 Å². The fourth-order valence-corrected chi connectivity index (χ4v) is 3.07. The molecule has 1 atom stereocenters. The van der Waals surface area contributed by atoms with Gasteiger partial charge in [0.25, 0.3) is 5.91 Å². The lowest BCUT2D eigenvalue weighted by Crippen LogP contribution is -2.37. The highest BCUT2D eigenvalue weighted by molar-refractivity contribution is 6.30. The maximum absolute atomic E-state index is 13.8. The van der Waals surface area contributed by atoms with E-state index in [4.69, 9.17) is 16.8 Å². The van der Waals surface area contributed by atoms with Crippen molar-refractivity contribution in [3.63, 3.8) is 0 Å². The number of anilines is 2. The van der Waals surface area contributed by atoms with Gasteiger partial charge in [-0.2, -0.15) is 0 Å². The fourth-order valence-electron chi connectivity index (χ4n) is 2.85. The second-order valence-corrected chi connectivity index (χ2v) is 6.02. The Labute approximate surface area is 148 Å². The van der Waals surface area contributed by atoms with Crippen molar-refractivity contribution in [1.82, 2.24) is 10.8 Å². The predicted molar refractivity (Wildman–Crippen MR) is 90.7 cm³/mol. The van der Waals surface area contributed by atoms with Gasteiger partial charge < -0.3 is 10.2 Å². The summed E-state index contributed by atoms with van der Waals surface area (Å²) in [6.45, 7) is 0.522. The molecule has 0 bridgehead atoms. The molecule has 25 heavy (non-hydrogen) atoms. The van der Waals surface area contributed by atoms with Gasteiger partial charge in [0, 0.05) is 28.5 Å². The Morgan fingerprint density at radius 2 is 1.96 bits per heavy atom. The third-order valence-corrected chi connectivity index (χ3v) is 4.18. The Balaban J connectivity index is 2.04. The Hall–Kier alpha value is -2.64. The van der Waals surface area contributed by atoms with Crippen LogP contribution in [-0.4, -0.2) is 29.6 Å². The van der Waals surface area contributed by atoms with Crippen LogP contribution in [0.5, 0.6) is 0 Å². The van der Waals surface area contributed by atoms with E-state index in [1.807, 2.05) is 0 Å². The number of amides is 2. The first-order valence-electron chi connectivity index (χ1n) is 7.57. The SMILES string of the molecule is O=C(NO)c1ccc(N(c2cc(F)cc(Cl)c2)C2CCNC2=O)cc1. The Morgan fingerprint density at radius 3 is 2.52 bits per heavy atom. The average molecular weight is 364 g/mol. The van der Waals surface area contributed by atoms with E-state index in [-0.39, 0.29) is 16.5 Å². The molecule has 1 aliphatic rings. The van der Waals surface area contributed by atoms with E-state index >= 15 is 0 Å². The summed E-state index contributed by atoms with van der Waals surface area (Å²) >= 11 is 5.96. The van der Waals surface area contributed by atoms with Gasteiger partial charge in [0.05, 0.1) is 0 Å². The van der Waals surface area contributed by atoms with Gasteiger partial charge in [-0.05, 0) is 48.9 Å². The normalized spacial score (nSPS) is 16.4. The Morgan fingerprint density at radius 1 is 1.24 bits per heavy atom. The topological polar surface area (TPSA) is 81.7 Å². The quantitative estimate of drug-likeness (QED) is 0.576. The number of hydroxylamine groups is 1. The minimum Gasteiger partial charge on any atom is -0.354 e. The Kier molecular flexibility index (Phi) is 4.87. The van der Waals surface area contributed by atoms with Crippen molar-refractivity contribution in [2.45, 2.75) is 12.5 Å². The summed E-state index contributed by atoms with van der Waals surface area (Å²) < 4.78 is 13.8.